The van der Waals surface area contributed by atoms with Gasteiger partial charge in [-0.2, -0.15) is 0 Å². The highest BCUT2D eigenvalue weighted by Crippen LogP contribution is 2.30. The number of halogens is 1. The molecule has 1 aliphatic rings. The van der Waals surface area contributed by atoms with E-state index in [0.717, 1.165) is 25.9 Å². The zero-order valence-electron chi connectivity index (χ0n) is 10.2. The van der Waals surface area contributed by atoms with Crippen LogP contribution >= 0.6 is 15.9 Å². The Morgan fingerprint density at radius 2 is 1.73 bits per heavy atom. The smallest absolute Gasteiger partial charge is 0.236 e. The molecule has 0 radical (unpaired) electrons. The molecule has 88 valence electrons. The summed E-state index contributed by atoms with van der Waals surface area (Å²) in [5, 5.41) is 0. The van der Waals surface area contributed by atoms with E-state index in [0.29, 0.717) is 11.3 Å². The first-order valence-electron chi connectivity index (χ1n) is 5.76. The van der Waals surface area contributed by atoms with Crippen molar-refractivity contribution in [2.24, 2.45) is 11.3 Å². The van der Waals surface area contributed by atoms with Crippen LogP contribution in [-0.2, 0) is 4.79 Å². The summed E-state index contributed by atoms with van der Waals surface area (Å²) in [6, 6.07) is 0. The van der Waals surface area contributed by atoms with Crippen LogP contribution in [0.25, 0.3) is 0 Å². The SMILES string of the molecule is CC(C)C(Br)C(=O)N1CCC(C)(C)CC1. The molecular formula is C12H22BrNO. The lowest BCUT2D eigenvalue weighted by atomic mass is 9.82. The van der Waals surface area contributed by atoms with Crippen molar-refractivity contribution in [1.82, 2.24) is 4.90 Å². The number of carbonyl (C=O) groups excluding carboxylic acids is 1. The molecule has 1 aliphatic heterocycles. The zero-order valence-corrected chi connectivity index (χ0v) is 11.8. The van der Waals surface area contributed by atoms with Gasteiger partial charge in [-0.15, -0.1) is 0 Å². The van der Waals surface area contributed by atoms with Crippen LogP contribution in [0.15, 0.2) is 0 Å². The van der Waals surface area contributed by atoms with Gasteiger partial charge in [0, 0.05) is 13.1 Å². The lowest BCUT2D eigenvalue weighted by Gasteiger charge is -2.38. The molecule has 0 aromatic heterocycles. The quantitative estimate of drug-likeness (QED) is 0.710. The van der Waals surface area contributed by atoms with E-state index in [9.17, 15) is 4.79 Å². The van der Waals surface area contributed by atoms with Crippen LogP contribution < -0.4 is 0 Å². The Morgan fingerprint density at radius 3 is 2.13 bits per heavy atom. The molecule has 1 unspecified atom stereocenters. The zero-order chi connectivity index (χ0) is 11.6. The Morgan fingerprint density at radius 1 is 1.27 bits per heavy atom. The molecule has 15 heavy (non-hydrogen) atoms. The van der Waals surface area contributed by atoms with Crippen molar-refractivity contribution in [3.05, 3.63) is 0 Å². The van der Waals surface area contributed by atoms with Gasteiger partial charge in [-0.05, 0) is 24.2 Å². The molecule has 1 heterocycles. The van der Waals surface area contributed by atoms with Gasteiger partial charge in [-0.1, -0.05) is 43.6 Å². The number of carbonyl (C=O) groups is 1. The number of rotatable bonds is 2. The lowest BCUT2D eigenvalue weighted by molar-refractivity contribution is -0.133. The van der Waals surface area contributed by atoms with E-state index in [4.69, 9.17) is 0 Å². The molecule has 0 aromatic rings. The van der Waals surface area contributed by atoms with E-state index < -0.39 is 0 Å². The summed E-state index contributed by atoms with van der Waals surface area (Å²) in [5.41, 5.74) is 0.413. The van der Waals surface area contributed by atoms with E-state index in [-0.39, 0.29) is 10.7 Å². The van der Waals surface area contributed by atoms with Gasteiger partial charge in [0.25, 0.3) is 0 Å². The summed E-state index contributed by atoms with van der Waals surface area (Å²) in [4.78, 5) is 14.0. The predicted molar refractivity (Wildman–Crippen MR) is 67.1 cm³/mol. The molecule has 3 heteroatoms. The average Bonchev–Trinajstić information content (AvgIpc) is 2.15. The van der Waals surface area contributed by atoms with Crippen LogP contribution in [-0.4, -0.2) is 28.7 Å². The van der Waals surface area contributed by atoms with Gasteiger partial charge in [0.15, 0.2) is 0 Å². The minimum absolute atomic E-state index is 0.0151. The monoisotopic (exact) mass is 275 g/mol. The van der Waals surface area contributed by atoms with E-state index in [1.54, 1.807) is 0 Å². The van der Waals surface area contributed by atoms with Crippen LogP contribution in [0, 0.1) is 11.3 Å². The Bertz CT molecular complexity index is 228. The van der Waals surface area contributed by atoms with E-state index in [1.165, 1.54) is 0 Å². The second-order valence-corrected chi connectivity index (χ2v) is 6.62. The number of likely N-dealkylation sites (tertiary alicyclic amines) is 1. The fourth-order valence-electron chi connectivity index (χ4n) is 1.79. The molecule has 0 bridgehead atoms. The van der Waals surface area contributed by atoms with Crippen LogP contribution in [0.5, 0.6) is 0 Å². The summed E-state index contributed by atoms with van der Waals surface area (Å²) >= 11 is 3.48. The second-order valence-electron chi connectivity index (χ2n) is 5.64. The van der Waals surface area contributed by atoms with Gasteiger partial charge < -0.3 is 4.90 Å². The average molecular weight is 276 g/mol. The Balaban J connectivity index is 2.50. The lowest BCUT2D eigenvalue weighted by Crippen LogP contribution is -2.45. The van der Waals surface area contributed by atoms with E-state index >= 15 is 0 Å². The molecule has 0 spiro atoms. The Hall–Kier alpha value is -0.0500. The minimum atomic E-state index is -0.0151. The van der Waals surface area contributed by atoms with Crippen molar-refractivity contribution in [3.8, 4) is 0 Å². The summed E-state index contributed by atoms with van der Waals surface area (Å²) in [5.74, 6) is 0.632. The third kappa shape index (κ3) is 3.47. The molecule has 2 nitrogen and oxygen atoms in total. The largest absolute Gasteiger partial charge is 0.342 e. The van der Waals surface area contributed by atoms with Gasteiger partial charge in [0.2, 0.25) is 5.91 Å². The van der Waals surface area contributed by atoms with Crippen LogP contribution in [0.2, 0.25) is 0 Å². The topological polar surface area (TPSA) is 20.3 Å². The molecule has 0 N–H and O–H groups in total. The number of alkyl halides is 1. The van der Waals surface area contributed by atoms with Crippen LogP contribution in [0.1, 0.15) is 40.5 Å². The maximum absolute atomic E-state index is 12.0. The summed E-state index contributed by atoms with van der Waals surface area (Å²) < 4.78 is 0. The van der Waals surface area contributed by atoms with Gasteiger partial charge >= 0.3 is 0 Å². The molecule has 1 saturated heterocycles. The Kier molecular flexibility index (Phi) is 4.21. The van der Waals surface area contributed by atoms with Crippen LogP contribution in [0.3, 0.4) is 0 Å². The van der Waals surface area contributed by atoms with Crippen molar-refractivity contribution in [3.63, 3.8) is 0 Å². The molecular weight excluding hydrogens is 254 g/mol. The van der Waals surface area contributed by atoms with Gasteiger partial charge in [0.05, 0.1) is 4.83 Å². The fraction of sp³-hybridized carbons (Fsp3) is 0.917. The maximum atomic E-state index is 12.0. The number of piperidine rings is 1. The second kappa shape index (κ2) is 4.86. The van der Waals surface area contributed by atoms with Crippen molar-refractivity contribution < 1.29 is 4.79 Å². The molecule has 1 amide bonds. The standard InChI is InChI=1S/C12H22BrNO/c1-9(2)10(13)11(15)14-7-5-12(3,4)6-8-14/h9-10H,5-8H2,1-4H3. The van der Waals surface area contributed by atoms with Gasteiger partial charge in [0.1, 0.15) is 0 Å². The van der Waals surface area contributed by atoms with Gasteiger partial charge in [-0.3, -0.25) is 4.79 Å². The molecule has 0 saturated carbocycles. The van der Waals surface area contributed by atoms with Crippen molar-refractivity contribution >= 4 is 21.8 Å². The maximum Gasteiger partial charge on any atom is 0.236 e. The molecule has 1 atom stereocenters. The van der Waals surface area contributed by atoms with Crippen molar-refractivity contribution in [2.75, 3.05) is 13.1 Å². The first-order valence-corrected chi connectivity index (χ1v) is 6.68. The third-order valence-corrected chi connectivity index (χ3v) is 4.70. The number of nitrogens with zero attached hydrogens (tertiary/aromatic N) is 1. The Labute approximate surface area is 102 Å². The van der Waals surface area contributed by atoms with Gasteiger partial charge in [-0.25, -0.2) is 0 Å². The molecule has 0 aromatic carbocycles. The fourth-order valence-corrected chi connectivity index (χ4v) is 2.08. The first-order chi connectivity index (χ1) is 6.83. The van der Waals surface area contributed by atoms with E-state index in [2.05, 4.69) is 43.6 Å². The number of amides is 1. The molecule has 0 aliphatic carbocycles. The predicted octanol–water partition coefficient (Wildman–Crippen LogP) is 3.05. The number of hydrogen-bond donors (Lipinski definition) is 0. The highest BCUT2D eigenvalue weighted by molar-refractivity contribution is 9.10. The third-order valence-electron chi connectivity index (χ3n) is 3.25. The summed E-state index contributed by atoms with van der Waals surface area (Å²) in [6.07, 6.45) is 2.24. The first kappa shape index (κ1) is 13.0. The summed E-state index contributed by atoms with van der Waals surface area (Å²) in [6.45, 7) is 10.5. The highest BCUT2D eigenvalue weighted by atomic mass is 79.9. The summed E-state index contributed by atoms with van der Waals surface area (Å²) in [7, 11) is 0. The molecule has 1 rings (SSSR count). The van der Waals surface area contributed by atoms with E-state index in [1.807, 2.05) is 4.90 Å². The highest BCUT2D eigenvalue weighted by Gasteiger charge is 2.31. The molecule has 1 fully saturated rings. The van der Waals surface area contributed by atoms with Crippen molar-refractivity contribution in [2.45, 2.75) is 45.4 Å². The van der Waals surface area contributed by atoms with Crippen molar-refractivity contribution in [1.29, 1.82) is 0 Å². The minimum Gasteiger partial charge on any atom is -0.342 e. The number of hydrogen-bond acceptors (Lipinski definition) is 1. The normalized spacial score (nSPS) is 22.9. The van der Waals surface area contributed by atoms with Crippen LogP contribution in [0.4, 0.5) is 0 Å².